The molecule has 0 aliphatic carbocycles. The molecule has 0 radical (unpaired) electrons. The van der Waals surface area contributed by atoms with E-state index in [1.165, 1.54) is 13.2 Å². The minimum Gasteiger partial charge on any atom is -0.466 e. The van der Waals surface area contributed by atoms with E-state index >= 15 is 0 Å². The number of esters is 1. The predicted molar refractivity (Wildman–Crippen MR) is 64.1 cm³/mol. The summed E-state index contributed by atoms with van der Waals surface area (Å²) in [4.78, 5) is 15.5. The molecule has 0 spiro atoms. The number of hydrogen-bond donors (Lipinski definition) is 0. The molecule has 0 aromatic heterocycles. The molecule has 0 aromatic carbocycles. The number of carbonyl (C=O) groups is 1. The van der Waals surface area contributed by atoms with Gasteiger partial charge in [0.05, 0.1) is 7.11 Å². The number of methoxy groups -OCH3 is 1. The van der Waals surface area contributed by atoms with Gasteiger partial charge >= 0.3 is 5.97 Å². The second-order valence-electron chi connectivity index (χ2n) is 5.03. The van der Waals surface area contributed by atoms with E-state index in [2.05, 4.69) is 35.3 Å². The van der Waals surface area contributed by atoms with Gasteiger partial charge in [-0.05, 0) is 20.8 Å². The van der Waals surface area contributed by atoms with Gasteiger partial charge in [0.1, 0.15) is 0 Å². The fourth-order valence-corrected chi connectivity index (χ4v) is 1.78. The van der Waals surface area contributed by atoms with Gasteiger partial charge in [-0.25, -0.2) is 4.79 Å². The molecule has 0 bridgehead atoms. The monoisotopic (exact) mass is 226 g/mol. The van der Waals surface area contributed by atoms with Crippen molar-refractivity contribution in [3.05, 3.63) is 12.3 Å². The maximum absolute atomic E-state index is 10.9. The van der Waals surface area contributed by atoms with Crippen LogP contribution in [0, 0.1) is 0 Å². The average molecular weight is 226 g/mol. The maximum atomic E-state index is 10.9. The van der Waals surface area contributed by atoms with Crippen molar-refractivity contribution >= 4 is 5.97 Å². The van der Waals surface area contributed by atoms with Crippen LogP contribution in [0.2, 0.25) is 0 Å². The highest BCUT2D eigenvalue weighted by atomic mass is 16.5. The number of nitrogens with zero attached hydrogens (tertiary/aromatic N) is 2. The lowest BCUT2D eigenvalue weighted by Gasteiger charge is -2.42. The van der Waals surface area contributed by atoms with Crippen molar-refractivity contribution in [3.8, 4) is 0 Å². The van der Waals surface area contributed by atoms with Crippen LogP contribution in [-0.4, -0.2) is 54.6 Å². The lowest BCUT2D eigenvalue weighted by atomic mass is 10.1. The van der Waals surface area contributed by atoms with Gasteiger partial charge in [-0.2, -0.15) is 0 Å². The summed E-state index contributed by atoms with van der Waals surface area (Å²) < 4.78 is 4.55. The summed E-state index contributed by atoms with van der Waals surface area (Å²) in [7, 11) is 1.39. The molecule has 92 valence electrons. The highest BCUT2D eigenvalue weighted by molar-refractivity contribution is 5.81. The third-order valence-corrected chi connectivity index (χ3v) is 2.89. The molecule has 1 fully saturated rings. The molecule has 0 aromatic rings. The van der Waals surface area contributed by atoms with Crippen LogP contribution in [-0.2, 0) is 9.53 Å². The first-order valence-corrected chi connectivity index (χ1v) is 5.69. The number of rotatable bonds is 2. The largest absolute Gasteiger partial charge is 0.466 e. The number of hydrogen-bond acceptors (Lipinski definition) is 4. The fourth-order valence-electron chi connectivity index (χ4n) is 1.78. The maximum Gasteiger partial charge on any atom is 0.331 e. The van der Waals surface area contributed by atoms with Gasteiger partial charge in [0.15, 0.2) is 0 Å². The van der Waals surface area contributed by atoms with E-state index in [1.807, 2.05) is 6.20 Å². The molecule has 1 heterocycles. The molecular formula is C12H22N2O2. The number of ether oxygens (including phenoxy) is 1. The molecule has 4 nitrogen and oxygen atoms in total. The first-order valence-electron chi connectivity index (χ1n) is 5.69. The molecule has 1 aliphatic heterocycles. The van der Waals surface area contributed by atoms with Crippen LogP contribution in [0.1, 0.15) is 20.8 Å². The second kappa shape index (κ2) is 5.34. The summed E-state index contributed by atoms with van der Waals surface area (Å²) in [5, 5.41) is 0. The van der Waals surface area contributed by atoms with E-state index in [4.69, 9.17) is 0 Å². The highest BCUT2D eigenvalue weighted by Crippen LogP contribution is 2.15. The summed E-state index contributed by atoms with van der Waals surface area (Å²) in [5.41, 5.74) is 0.234. The van der Waals surface area contributed by atoms with E-state index < -0.39 is 0 Å². The molecular weight excluding hydrogens is 204 g/mol. The third kappa shape index (κ3) is 3.85. The van der Waals surface area contributed by atoms with Crippen molar-refractivity contribution in [1.82, 2.24) is 9.80 Å². The zero-order valence-electron chi connectivity index (χ0n) is 10.7. The van der Waals surface area contributed by atoms with Gasteiger partial charge in [0.25, 0.3) is 0 Å². The Labute approximate surface area is 97.9 Å². The van der Waals surface area contributed by atoms with Gasteiger partial charge in [-0.1, -0.05) is 0 Å². The lowest BCUT2D eigenvalue weighted by molar-refractivity contribution is -0.134. The molecule has 1 saturated heterocycles. The molecule has 0 saturated carbocycles. The first kappa shape index (κ1) is 13.0. The average Bonchev–Trinajstić information content (AvgIpc) is 2.25. The molecule has 0 N–H and O–H groups in total. The van der Waals surface area contributed by atoms with Crippen LogP contribution in [0.15, 0.2) is 12.3 Å². The SMILES string of the molecule is COC(=O)C=CN1CCN(C(C)(C)C)CC1. The standard InChI is InChI=1S/C12H22N2O2/c1-12(2,3)14-9-7-13(8-10-14)6-5-11(15)16-4/h5-6H,7-10H2,1-4H3. The Hall–Kier alpha value is -1.03. The summed E-state index contributed by atoms with van der Waals surface area (Å²) in [6.45, 7) is 10.7. The quantitative estimate of drug-likeness (QED) is 0.521. The van der Waals surface area contributed by atoms with Crippen molar-refractivity contribution in [2.24, 2.45) is 0 Å². The summed E-state index contributed by atoms with van der Waals surface area (Å²) in [6, 6.07) is 0. The van der Waals surface area contributed by atoms with Gasteiger partial charge < -0.3 is 9.64 Å². The van der Waals surface area contributed by atoms with Crippen LogP contribution in [0.4, 0.5) is 0 Å². The summed E-state index contributed by atoms with van der Waals surface area (Å²) in [5.74, 6) is -0.293. The fraction of sp³-hybridized carbons (Fsp3) is 0.750. The Morgan fingerprint density at radius 2 is 1.75 bits per heavy atom. The Kier molecular flexibility index (Phi) is 4.35. The van der Waals surface area contributed by atoms with Crippen molar-refractivity contribution in [3.63, 3.8) is 0 Å². The van der Waals surface area contributed by atoms with Crippen molar-refractivity contribution in [1.29, 1.82) is 0 Å². The van der Waals surface area contributed by atoms with Gasteiger partial charge in [0, 0.05) is 44.0 Å². The van der Waals surface area contributed by atoms with Crippen LogP contribution >= 0.6 is 0 Å². The van der Waals surface area contributed by atoms with E-state index in [9.17, 15) is 4.79 Å². The number of piperazine rings is 1. The number of carbonyl (C=O) groups excluding carboxylic acids is 1. The van der Waals surface area contributed by atoms with Gasteiger partial charge in [-0.3, -0.25) is 4.90 Å². The Balaban J connectivity index is 2.38. The zero-order chi connectivity index (χ0) is 12.2. The van der Waals surface area contributed by atoms with Crippen LogP contribution in [0.3, 0.4) is 0 Å². The van der Waals surface area contributed by atoms with E-state index in [0.29, 0.717) is 0 Å². The van der Waals surface area contributed by atoms with E-state index in [0.717, 1.165) is 26.2 Å². The second-order valence-corrected chi connectivity index (χ2v) is 5.03. The van der Waals surface area contributed by atoms with Crippen molar-refractivity contribution < 1.29 is 9.53 Å². The Morgan fingerprint density at radius 3 is 2.19 bits per heavy atom. The van der Waals surface area contributed by atoms with Crippen molar-refractivity contribution in [2.45, 2.75) is 26.3 Å². The molecule has 0 atom stereocenters. The smallest absolute Gasteiger partial charge is 0.331 e. The topological polar surface area (TPSA) is 32.8 Å². The normalized spacial score (nSPS) is 19.1. The molecule has 0 amide bonds. The third-order valence-electron chi connectivity index (χ3n) is 2.89. The van der Waals surface area contributed by atoms with Crippen LogP contribution < -0.4 is 0 Å². The summed E-state index contributed by atoms with van der Waals surface area (Å²) >= 11 is 0. The Morgan fingerprint density at radius 1 is 1.19 bits per heavy atom. The molecule has 1 aliphatic rings. The predicted octanol–water partition coefficient (Wildman–Crippen LogP) is 1.09. The minimum absolute atomic E-state index is 0.234. The molecule has 16 heavy (non-hydrogen) atoms. The van der Waals surface area contributed by atoms with Crippen LogP contribution in [0.5, 0.6) is 0 Å². The minimum atomic E-state index is -0.293. The highest BCUT2D eigenvalue weighted by Gasteiger charge is 2.24. The molecule has 0 unspecified atom stereocenters. The van der Waals surface area contributed by atoms with Gasteiger partial charge in [0.2, 0.25) is 0 Å². The Bertz CT molecular complexity index is 261. The molecule has 1 rings (SSSR count). The van der Waals surface area contributed by atoms with E-state index in [-0.39, 0.29) is 11.5 Å². The molecule has 4 heteroatoms. The zero-order valence-corrected chi connectivity index (χ0v) is 10.7. The van der Waals surface area contributed by atoms with Crippen molar-refractivity contribution in [2.75, 3.05) is 33.3 Å². The van der Waals surface area contributed by atoms with Crippen LogP contribution in [0.25, 0.3) is 0 Å². The lowest BCUT2D eigenvalue weighted by Crippen LogP contribution is -2.52. The first-order chi connectivity index (χ1) is 7.43. The van der Waals surface area contributed by atoms with E-state index in [1.54, 1.807) is 0 Å². The van der Waals surface area contributed by atoms with Gasteiger partial charge in [-0.15, -0.1) is 0 Å². The summed E-state index contributed by atoms with van der Waals surface area (Å²) in [6.07, 6.45) is 3.30.